The van der Waals surface area contributed by atoms with Crippen LogP contribution in [0.15, 0.2) is 0 Å². The molecular weight excluding hydrogens is 650 g/mol. The van der Waals surface area contributed by atoms with Crippen molar-refractivity contribution in [3.05, 3.63) is 0 Å². The lowest BCUT2D eigenvalue weighted by Gasteiger charge is -2.33. The van der Waals surface area contributed by atoms with E-state index in [0.29, 0.717) is 19.3 Å². The minimum atomic E-state index is -1.55. The smallest absolute Gasteiger partial charge is 0.307 e. The van der Waals surface area contributed by atoms with Gasteiger partial charge in [0.2, 0.25) is 0 Å². The Balaban J connectivity index is 5.84. The molecular formula is C34H59NO14. The van der Waals surface area contributed by atoms with Crippen molar-refractivity contribution < 1.29 is 68.9 Å². The van der Waals surface area contributed by atoms with Crippen molar-refractivity contribution in [1.82, 2.24) is 0 Å². The fraction of sp³-hybridized carbons (Fsp3) is 0.824. The van der Waals surface area contributed by atoms with Crippen LogP contribution in [0.2, 0.25) is 0 Å². The Kier molecular flexibility index (Phi) is 23.1. The Morgan fingerprint density at radius 1 is 0.633 bits per heavy atom. The summed E-state index contributed by atoms with van der Waals surface area (Å²) in [4.78, 5) is 71.6. The zero-order chi connectivity index (χ0) is 37.7. The van der Waals surface area contributed by atoms with E-state index in [0.717, 1.165) is 38.5 Å². The number of carboxylic acids is 4. The summed E-state index contributed by atoms with van der Waals surface area (Å²) in [5.41, 5.74) is 5.64. The molecule has 0 aliphatic carbocycles. The maximum atomic E-state index is 13.0. The van der Waals surface area contributed by atoms with Gasteiger partial charge < -0.3 is 45.8 Å². The van der Waals surface area contributed by atoms with Crippen molar-refractivity contribution in [2.45, 2.75) is 154 Å². The highest BCUT2D eigenvalue weighted by Gasteiger charge is 2.37. The predicted molar refractivity (Wildman–Crippen MR) is 176 cm³/mol. The monoisotopic (exact) mass is 709 g/mol. The molecule has 0 unspecified atom stereocenters. The number of aliphatic hydroxyl groups excluding tert-OH is 2. The van der Waals surface area contributed by atoms with Crippen LogP contribution in [-0.2, 0) is 38.2 Å². The van der Waals surface area contributed by atoms with Gasteiger partial charge in [-0.2, -0.15) is 0 Å². The normalized spacial score (nSPS) is 17.0. The zero-order valence-corrected chi connectivity index (χ0v) is 29.3. The van der Waals surface area contributed by atoms with Crippen LogP contribution in [0.1, 0.15) is 124 Å². The molecule has 0 aromatic carbocycles. The summed E-state index contributed by atoms with van der Waals surface area (Å²) in [7, 11) is 0. The van der Waals surface area contributed by atoms with E-state index in [4.69, 9.17) is 25.4 Å². The molecule has 0 aromatic heterocycles. The second kappa shape index (κ2) is 24.8. The number of nitrogens with two attached hydrogens (primary N) is 1. The third-order valence-corrected chi connectivity index (χ3v) is 8.60. The molecule has 9 atom stereocenters. The molecule has 0 amide bonds. The van der Waals surface area contributed by atoms with Crippen molar-refractivity contribution in [1.29, 1.82) is 0 Å². The summed E-state index contributed by atoms with van der Waals surface area (Å²) in [5, 5.41) is 57.0. The molecule has 0 saturated carbocycles. The van der Waals surface area contributed by atoms with Gasteiger partial charge in [0, 0.05) is 12.5 Å². The Morgan fingerprint density at radius 3 is 1.57 bits per heavy atom. The van der Waals surface area contributed by atoms with Gasteiger partial charge in [-0.05, 0) is 38.0 Å². The first-order valence-corrected chi connectivity index (χ1v) is 17.3. The van der Waals surface area contributed by atoms with Crippen LogP contribution in [-0.4, -0.2) is 96.9 Å². The lowest BCUT2D eigenvalue weighted by Crippen LogP contribution is -2.42. The van der Waals surface area contributed by atoms with Gasteiger partial charge >= 0.3 is 35.8 Å². The number of aliphatic hydroxyl groups is 2. The van der Waals surface area contributed by atoms with Crippen LogP contribution in [0.25, 0.3) is 0 Å². The molecule has 0 saturated heterocycles. The Hall–Kier alpha value is -3.30. The summed E-state index contributed by atoms with van der Waals surface area (Å²) >= 11 is 0. The highest BCUT2D eigenvalue weighted by atomic mass is 16.6. The maximum Gasteiger partial charge on any atom is 0.307 e. The molecule has 0 aromatic rings. The fourth-order valence-electron chi connectivity index (χ4n) is 5.58. The number of ether oxygens (including phenoxy) is 2. The van der Waals surface area contributed by atoms with Gasteiger partial charge in [0.15, 0.2) is 0 Å². The fourth-order valence-corrected chi connectivity index (χ4v) is 5.58. The Morgan fingerprint density at radius 2 is 1.12 bits per heavy atom. The Bertz CT molecular complexity index is 1030. The quantitative estimate of drug-likeness (QED) is 0.0332. The van der Waals surface area contributed by atoms with Crippen LogP contribution in [0.3, 0.4) is 0 Å². The number of aliphatic carboxylic acids is 4. The van der Waals surface area contributed by atoms with E-state index in [1.54, 1.807) is 13.8 Å². The second-order valence-electron chi connectivity index (χ2n) is 13.4. The minimum Gasteiger partial charge on any atom is -0.481 e. The second-order valence-corrected chi connectivity index (χ2v) is 13.4. The van der Waals surface area contributed by atoms with Crippen LogP contribution in [0.4, 0.5) is 0 Å². The van der Waals surface area contributed by atoms with E-state index in [9.17, 15) is 49.2 Å². The number of hydrogen-bond donors (Lipinski definition) is 7. The van der Waals surface area contributed by atoms with Crippen LogP contribution in [0.5, 0.6) is 0 Å². The number of carbonyl (C=O) groups is 6. The molecule has 0 radical (unpaired) electrons. The molecule has 49 heavy (non-hydrogen) atoms. The van der Waals surface area contributed by atoms with Gasteiger partial charge in [-0.3, -0.25) is 28.8 Å². The van der Waals surface area contributed by atoms with Gasteiger partial charge in [-0.1, -0.05) is 65.7 Å². The standard InChI is InChI=1S/C34H59NO14/c1-5-6-12-21(3)32(49-31(43)18-24(34(46)47)16-29(40)41)27(48-30(42)17-23(33(44)45)15-28(38)39)14-20(2)11-9-7-8-10-13-25(36)19-26(37)22(4)35/h20-27,32,36-37H,5-19,35H2,1-4H3,(H,38,39)(H,40,41)(H,44,45)(H,46,47)/t20-,21+,22-,23-,24+,25+,26-,27-,32+/m0/s1/i15+1,16+1,28+1,29+1. The number of esters is 2. The average molecular weight is 710 g/mol. The first-order valence-electron chi connectivity index (χ1n) is 17.3. The first-order chi connectivity index (χ1) is 22.9. The van der Waals surface area contributed by atoms with Crippen LogP contribution in [0, 0.1) is 23.7 Å². The zero-order valence-electron chi connectivity index (χ0n) is 29.3. The van der Waals surface area contributed by atoms with Crippen molar-refractivity contribution in [3.63, 3.8) is 0 Å². The van der Waals surface area contributed by atoms with Crippen LogP contribution >= 0.6 is 0 Å². The number of hydrogen-bond acceptors (Lipinski definition) is 11. The van der Waals surface area contributed by atoms with Gasteiger partial charge in [0.25, 0.3) is 0 Å². The molecule has 15 heteroatoms. The van der Waals surface area contributed by atoms with Crippen molar-refractivity contribution in [2.24, 2.45) is 29.4 Å². The maximum absolute atomic E-state index is 13.0. The topological polar surface area (TPSA) is 268 Å². The van der Waals surface area contributed by atoms with Gasteiger partial charge in [0.1, 0.15) is 12.2 Å². The van der Waals surface area contributed by atoms with E-state index < -0.39 is 110 Å². The number of carbonyl (C=O) groups excluding carboxylic acids is 2. The van der Waals surface area contributed by atoms with Crippen LogP contribution < -0.4 is 5.73 Å². The van der Waals surface area contributed by atoms with Gasteiger partial charge in [-0.25, -0.2) is 0 Å². The van der Waals surface area contributed by atoms with Crippen molar-refractivity contribution >= 4 is 35.8 Å². The van der Waals surface area contributed by atoms with E-state index in [1.807, 2.05) is 13.8 Å². The van der Waals surface area contributed by atoms with E-state index in [2.05, 4.69) is 0 Å². The third-order valence-electron chi connectivity index (χ3n) is 8.60. The van der Waals surface area contributed by atoms with Gasteiger partial charge in [0.05, 0.1) is 49.7 Å². The molecule has 0 rings (SSSR count). The molecule has 0 aliphatic rings. The highest BCUT2D eigenvalue weighted by Crippen LogP contribution is 2.29. The summed E-state index contributed by atoms with van der Waals surface area (Å²) in [6.45, 7) is 7.31. The lowest BCUT2D eigenvalue weighted by molar-refractivity contribution is -0.177. The number of carboxylic acid groups (broad SMARTS) is 4. The number of rotatable bonds is 29. The van der Waals surface area contributed by atoms with Gasteiger partial charge in [-0.15, -0.1) is 0 Å². The van der Waals surface area contributed by atoms with E-state index >= 15 is 0 Å². The minimum absolute atomic E-state index is 0.0859. The first kappa shape index (κ1) is 45.7. The molecule has 15 nitrogen and oxygen atoms in total. The lowest BCUT2D eigenvalue weighted by atomic mass is 9.87. The van der Waals surface area contributed by atoms with E-state index in [1.165, 1.54) is 0 Å². The third kappa shape index (κ3) is 21.4. The molecule has 284 valence electrons. The van der Waals surface area contributed by atoms with Crippen molar-refractivity contribution in [2.75, 3.05) is 0 Å². The molecule has 0 heterocycles. The summed E-state index contributed by atoms with van der Waals surface area (Å²) in [6, 6.07) is -0.432. The SMILES string of the molecule is CCCC[C@@H](C)[C@@H](OC(=O)C[C@@H]([13CH2][13C](=O)O)C(=O)O)[C@H](C[C@@H](C)CCCCCC[C@@H](O)C[C@H](O)[C@H](C)N)OC(=O)C[C@H]([13CH2][13C](=O)O)C(=O)O. The summed E-state index contributed by atoms with van der Waals surface area (Å²) in [5.74, 6) is -11.3. The molecule has 0 fully saturated rings. The molecule has 0 spiro atoms. The van der Waals surface area contributed by atoms with E-state index in [-0.39, 0.29) is 18.8 Å². The number of unbranched alkanes of at least 4 members (excludes halogenated alkanes) is 4. The molecule has 8 N–H and O–H groups in total. The average Bonchev–Trinajstić information content (AvgIpc) is 2.98. The van der Waals surface area contributed by atoms with Crippen molar-refractivity contribution in [3.8, 4) is 0 Å². The largest absolute Gasteiger partial charge is 0.481 e. The molecule has 0 bridgehead atoms. The summed E-state index contributed by atoms with van der Waals surface area (Å²) in [6.07, 6.45) is 0.203. The molecule has 0 aliphatic heterocycles. The summed E-state index contributed by atoms with van der Waals surface area (Å²) < 4.78 is 11.5. The highest BCUT2D eigenvalue weighted by molar-refractivity contribution is 5.83. The predicted octanol–water partition coefficient (Wildman–Crippen LogP) is 3.59. The Labute approximate surface area is 288 Å².